The Bertz CT molecular complexity index is 160. The molecular formula is C12H25NO. The van der Waals surface area contributed by atoms with E-state index in [9.17, 15) is 5.11 Å². The summed E-state index contributed by atoms with van der Waals surface area (Å²) in [7, 11) is 0. The first-order chi connectivity index (χ1) is 6.54. The van der Waals surface area contributed by atoms with Gasteiger partial charge in [0.15, 0.2) is 0 Å². The number of hydrogen-bond acceptors (Lipinski definition) is 2. The molecule has 0 saturated heterocycles. The second-order valence-corrected chi connectivity index (χ2v) is 5.25. The molecule has 1 fully saturated rings. The molecule has 1 atom stereocenters. The van der Waals surface area contributed by atoms with E-state index in [1.807, 2.05) is 0 Å². The second kappa shape index (κ2) is 5.13. The van der Waals surface area contributed by atoms with Crippen LogP contribution in [0.5, 0.6) is 0 Å². The van der Waals surface area contributed by atoms with Gasteiger partial charge in [-0.3, -0.25) is 0 Å². The molecule has 1 aliphatic rings. The fourth-order valence-electron chi connectivity index (χ4n) is 2.44. The number of rotatable bonds is 3. The van der Waals surface area contributed by atoms with E-state index >= 15 is 0 Å². The van der Waals surface area contributed by atoms with Gasteiger partial charge >= 0.3 is 0 Å². The van der Waals surface area contributed by atoms with E-state index in [2.05, 4.69) is 13.8 Å². The van der Waals surface area contributed by atoms with Crippen LogP contribution >= 0.6 is 0 Å². The van der Waals surface area contributed by atoms with E-state index in [0.29, 0.717) is 5.92 Å². The van der Waals surface area contributed by atoms with Crippen molar-refractivity contribution in [2.24, 2.45) is 11.7 Å². The Morgan fingerprint density at radius 1 is 1.14 bits per heavy atom. The van der Waals surface area contributed by atoms with Crippen LogP contribution in [0.4, 0.5) is 0 Å². The van der Waals surface area contributed by atoms with Crippen molar-refractivity contribution in [1.29, 1.82) is 0 Å². The molecule has 0 radical (unpaired) electrons. The van der Waals surface area contributed by atoms with Gasteiger partial charge in [0, 0.05) is 6.04 Å². The summed E-state index contributed by atoms with van der Waals surface area (Å²) in [5.41, 5.74) is 5.53. The molecule has 0 spiro atoms. The molecule has 84 valence electrons. The maximum atomic E-state index is 10.4. The van der Waals surface area contributed by atoms with E-state index < -0.39 is 5.60 Å². The summed E-state index contributed by atoms with van der Waals surface area (Å²) in [6.45, 7) is 4.33. The normalized spacial score (nSPS) is 24.6. The first-order valence-electron chi connectivity index (χ1n) is 6.02. The monoisotopic (exact) mass is 199 g/mol. The Labute approximate surface area is 87.9 Å². The Kier molecular flexibility index (Phi) is 4.39. The summed E-state index contributed by atoms with van der Waals surface area (Å²) in [5, 5.41) is 10.4. The lowest BCUT2D eigenvalue weighted by Crippen LogP contribution is -2.48. The summed E-state index contributed by atoms with van der Waals surface area (Å²) < 4.78 is 0. The summed E-state index contributed by atoms with van der Waals surface area (Å²) in [5.74, 6) is 0.581. The van der Waals surface area contributed by atoms with Gasteiger partial charge < -0.3 is 10.8 Å². The van der Waals surface area contributed by atoms with Gasteiger partial charge in [0.25, 0.3) is 0 Å². The van der Waals surface area contributed by atoms with Gasteiger partial charge in [0.05, 0.1) is 5.60 Å². The number of hydrogen-bond donors (Lipinski definition) is 2. The lowest BCUT2D eigenvalue weighted by atomic mass is 9.83. The summed E-state index contributed by atoms with van der Waals surface area (Å²) in [4.78, 5) is 0. The third-order valence-electron chi connectivity index (χ3n) is 3.38. The number of aliphatic hydroxyl groups is 1. The van der Waals surface area contributed by atoms with Crippen LogP contribution in [-0.4, -0.2) is 16.7 Å². The molecule has 14 heavy (non-hydrogen) atoms. The molecule has 1 aliphatic carbocycles. The summed E-state index contributed by atoms with van der Waals surface area (Å²) >= 11 is 0. The van der Waals surface area contributed by atoms with Crippen molar-refractivity contribution in [3.05, 3.63) is 0 Å². The standard InChI is InChI=1S/C12H25NO/c1-10(2)9-11(13)12(14)7-5-3-4-6-8-12/h10-11,14H,3-9,13H2,1-2H3/t11-/m1/s1. The molecule has 3 N–H and O–H groups in total. The van der Waals surface area contributed by atoms with E-state index in [0.717, 1.165) is 32.1 Å². The van der Waals surface area contributed by atoms with Gasteiger partial charge in [-0.2, -0.15) is 0 Å². The molecule has 2 nitrogen and oxygen atoms in total. The van der Waals surface area contributed by atoms with Crippen LogP contribution in [0.25, 0.3) is 0 Å². The molecule has 0 unspecified atom stereocenters. The van der Waals surface area contributed by atoms with Gasteiger partial charge in [-0.15, -0.1) is 0 Å². The molecule has 1 saturated carbocycles. The predicted octanol–water partition coefficient (Wildman–Crippen LogP) is 2.45. The fraction of sp³-hybridized carbons (Fsp3) is 1.00. The van der Waals surface area contributed by atoms with Gasteiger partial charge in [-0.05, 0) is 25.2 Å². The van der Waals surface area contributed by atoms with Crippen molar-refractivity contribution in [3.63, 3.8) is 0 Å². The Balaban J connectivity index is 2.51. The molecule has 0 aromatic rings. The van der Waals surface area contributed by atoms with Crippen molar-refractivity contribution in [2.45, 2.75) is 70.4 Å². The Morgan fingerprint density at radius 2 is 1.64 bits per heavy atom. The van der Waals surface area contributed by atoms with Crippen molar-refractivity contribution in [3.8, 4) is 0 Å². The zero-order valence-electron chi connectivity index (χ0n) is 9.63. The zero-order chi connectivity index (χ0) is 10.6. The quantitative estimate of drug-likeness (QED) is 0.686. The Hall–Kier alpha value is -0.0800. The number of nitrogens with two attached hydrogens (primary N) is 1. The largest absolute Gasteiger partial charge is 0.388 e. The van der Waals surface area contributed by atoms with Crippen LogP contribution in [-0.2, 0) is 0 Å². The van der Waals surface area contributed by atoms with Crippen LogP contribution in [0.2, 0.25) is 0 Å². The average Bonchev–Trinajstić information content (AvgIpc) is 2.30. The van der Waals surface area contributed by atoms with Crippen LogP contribution in [0.1, 0.15) is 58.8 Å². The first-order valence-corrected chi connectivity index (χ1v) is 6.02. The topological polar surface area (TPSA) is 46.2 Å². The highest BCUT2D eigenvalue weighted by Gasteiger charge is 2.34. The Morgan fingerprint density at radius 3 is 2.07 bits per heavy atom. The maximum Gasteiger partial charge on any atom is 0.0798 e. The molecule has 0 bridgehead atoms. The summed E-state index contributed by atoms with van der Waals surface area (Å²) in [6.07, 6.45) is 7.55. The minimum atomic E-state index is -0.569. The van der Waals surface area contributed by atoms with E-state index in [1.54, 1.807) is 0 Å². The van der Waals surface area contributed by atoms with E-state index in [-0.39, 0.29) is 6.04 Å². The van der Waals surface area contributed by atoms with Gasteiger partial charge in [0.1, 0.15) is 0 Å². The first kappa shape index (κ1) is 12.0. The van der Waals surface area contributed by atoms with Crippen LogP contribution in [0, 0.1) is 5.92 Å². The van der Waals surface area contributed by atoms with Gasteiger partial charge in [-0.25, -0.2) is 0 Å². The molecule has 2 heteroatoms. The molecule has 0 amide bonds. The third kappa shape index (κ3) is 3.25. The van der Waals surface area contributed by atoms with Crippen LogP contribution in [0.3, 0.4) is 0 Å². The SMILES string of the molecule is CC(C)C[C@@H](N)C1(O)CCCCCC1. The van der Waals surface area contributed by atoms with Crippen molar-refractivity contribution >= 4 is 0 Å². The molecule has 0 aliphatic heterocycles. The molecule has 1 rings (SSSR count). The van der Waals surface area contributed by atoms with Crippen molar-refractivity contribution in [2.75, 3.05) is 0 Å². The van der Waals surface area contributed by atoms with E-state index in [1.165, 1.54) is 12.8 Å². The average molecular weight is 199 g/mol. The zero-order valence-corrected chi connectivity index (χ0v) is 9.63. The highest BCUT2D eigenvalue weighted by molar-refractivity contribution is 4.91. The second-order valence-electron chi connectivity index (χ2n) is 5.25. The van der Waals surface area contributed by atoms with Crippen molar-refractivity contribution < 1.29 is 5.11 Å². The van der Waals surface area contributed by atoms with Crippen LogP contribution in [0.15, 0.2) is 0 Å². The summed E-state index contributed by atoms with van der Waals surface area (Å²) in [6, 6.07) is -0.0272. The third-order valence-corrected chi connectivity index (χ3v) is 3.38. The lowest BCUT2D eigenvalue weighted by molar-refractivity contribution is -0.00609. The highest BCUT2D eigenvalue weighted by Crippen LogP contribution is 2.31. The fourth-order valence-corrected chi connectivity index (χ4v) is 2.44. The molecular weight excluding hydrogens is 174 g/mol. The highest BCUT2D eigenvalue weighted by atomic mass is 16.3. The smallest absolute Gasteiger partial charge is 0.0798 e. The van der Waals surface area contributed by atoms with Crippen LogP contribution < -0.4 is 5.73 Å². The van der Waals surface area contributed by atoms with Gasteiger partial charge in [0.2, 0.25) is 0 Å². The molecule has 0 heterocycles. The lowest BCUT2D eigenvalue weighted by Gasteiger charge is -2.34. The van der Waals surface area contributed by atoms with Crippen molar-refractivity contribution in [1.82, 2.24) is 0 Å². The minimum Gasteiger partial charge on any atom is -0.388 e. The molecule has 0 aromatic heterocycles. The maximum absolute atomic E-state index is 10.4. The predicted molar refractivity (Wildman–Crippen MR) is 60.1 cm³/mol. The molecule has 0 aromatic carbocycles. The van der Waals surface area contributed by atoms with E-state index in [4.69, 9.17) is 5.73 Å². The minimum absolute atomic E-state index is 0.0272. The van der Waals surface area contributed by atoms with Gasteiger partial charge in [-0.1, -0.05) is 39.5 Å².